The molecule has 25 heavy (non-hydrogen) atoms. The second-order valence-corrected chi connectivity index (χ2v) is 6.11. The molecule has 0 fully saturated rings. The van der Waals surface area contributed by atoms with Crippen LogP contribution >= 0.6 is 11.6 Å². The van der Waals surface area contributed by atoms with Crippen LogP contribution in [0.25, 0.3) is 22.4 Å². The predicted octanol–water partition coefficient (Wildman–Crippen LogP) is 3.12. The zero-order valence-corrected chi connectivity index (χ0v) is 14.1. The van der Waals surface area contributed by atoms with E-state index in [4.69, 9.17) is 17.3 Å². The van der Waals surface area contributed by atoms with Crippen LogP contribution < -0.4 is 11.3 Å². The number of nitrogen functional groups attached to an aromatic ring is 1. The van der Waals surface area contributed by atoms with E-state index in [0.717, 1.165) is 5.69 Å². The zero-order chi connectivity index (χ0) is 17.6. The van der Waals surface area contributed by atoms with Gasteiger partial charge in [-0.1, -0.05) is 11.6 Å². The van der Waals surface area contributed by atoms with Gasteiger partial charge in [-0.25, -0.2) is 9.97 Å². The van der Waals surface area contributed by atoms with Crippen molar-refractivity contribution in [2.24, 2.45) is 0 Å². The van der Waals surface area contributed by atoms with Crippen molar-refractivity contribution in [3.63, 3.8) is 0 Å². The second kappa shape index (κ2) is 5.75. The van der Waals surface area contributed by atoms with Crippen LogP contribution in [0.2, 0.25) is 5.02 Å². The van der Waals surface area contributed by atoms with Crippen LogP contribution in [0.15, 0.2) is 59.9 Å². The Balaban J connectivity index is 2.18. The number of rotatable bonds is 2. The smallest absolute Gasteiger partial charge is 0.283 e. The third-order valence-corrected chi connectivity index (χ3v) is 4.28. The second-order valence-electron chi connectivity index (χ2n) is 5.67. The SMILES string of the molecule is Cc1ccc2c(N)c(-n3ccnc3)c(=O)n(-c3ccc(Cl)cc3)c2n1. The van der Waals surface area contributed by atoms with Crippen molar-refractivity contribution in [2.75, 3.05) is 5.73 Å². The molecule has 7 heteroatoms. The van der Waals surface area contributed by atoms with Gasteiger partial charge in [-0.3, -0.25) is 13.9 Å². The Labute approximate surface area is 148 Å². The van der Waals surface area contributed by atoms with Crippen LogP contribution in [-0.4, -0.2) is 19.1 Å². The summed E-state index contributed by atoms with van der Waals surface area (Å²) in [5.41, 5.74) is 8.71. The first-order valence-electron chi connectivity index (χ1n) is 7.62. The van der Waals surface area contributed by atoms with Gasteiger partial charge in [-0.15, -0.1) is 0 Å². The molecule has 0 spiro atoms. The van der Waals surface area contributed by atoms with E-state index in [0.29, 0.717) is 33.1 Å². The van der Waals surface area contributed by atoms with Gasteiger partial charge in [0.25, 0.3) is 5.56 Å². The van der Waals surface area contributed by atoms with E-state index in [9.17, 15) is 4.79 Å². The first-order chi connectivity index (χ1) is 12.1. The van der Waals surface area contributed by atoms with Crippen molar-refractivity contribution in [3.8, 4) is 11.4 Å². The molecule has 0 aliphatic rings. The third-order valence-electron chi connectivity index (χ3n) is 4.02. The molecule has 0 amide bonds. The number of hydrogen-bond donors (Lipinski definition) is 1. The highest BCUT2D eigenvalue weighted by molar-refractivity contribution is 6.30. The van der Waals surface area contributed by atoms with Crippen LogP contribution in [0.3, 0.4) is 0 Å². The number of nitrogens with zero attached hydrogens (tertiary/aromatic N) is 4. The number of hydrogen-bond acceptors (Lipinski definition) is 4. The van der Waals surface area contributed by atoms with E-state index in [2.05, 4.69) is 9.97 Å². The maximum absolute atomic E-state index is 13.3. The van der Waals surface area contributed by atoms with Gasteiger partial charge in [0, 0.05) is 28.5 Å². The summed E-state index contributed by atoms with van der Waals surface area (Å²) in [6, 6.07) is 10.8. The standard InChI is InChI=1S/C18H14ClN5O/c1-11-2-7-14-15(20)16(23-9-8-21-10-23)18(25)24(17(14)22-11)13-5-3-12(19)4-6-13/h2-10H,20H2,1H3. The van der Waals surface area contributed by atoms with Crippen LogP contribution in [0.4, 0.5) is 5.69 Å². The number of imidazole rings is 1. The summed E-state index contributed by atoms with van der Waals surface area (Å²) < 4.78 is 3.16. The van der Waals surface area contributed by atoms with Gasteiger partial charge in [-0.05, 0) is 43.3 Å². The first kappa shape index (κ1) is 15.4. The van der Waals surface area contributed by atoms with Crippen molar-refractivity contribution < 1.29 is 0 Å². The van der Waals surface area contributed by atoms with E-state index in [-0.39, 0.29) is 5.56 Å². The number of pyridine rings is 2. The van der Waals surface area contributed by atoms with Gasteiger partial charge in [0.2, 0.25) is 0 Å². The van der Waals surface area contributed by atoms with Gasteiger partial charge in [0.05, 0.1) is 17.7 Å². The van der Waals surface area contributed by atoms with Crippen molar-refractivity contribution >= 4 is 28.3 Å². The Hall–Kier alpha value is -3.12. The van der Waals surface area contributed by atoms with Crippen molar-refractivity contribution in [1.82, 2.24) is 19.1 Å². The number of halogens is 1. The Kier molecular flexibility index (Phi) is 3.54. The monoisotopic (exact) mass is 351 g/mol. The zero-order valence-electron chi connectivity index (χ0n) is 13.3. The summed E-state index contributed by atoms with van der Waals surface area (Å²) in [6.45, 7) is 1.87. The Bertz CT molecular complexity index is 1130. The summed E-state index contributed by atoms with van der Waals surface area (Å²) in [4.78, 5) is 21.8. The molecule has 4 rings (SSSR count). The molecule has 3 aromatic heterocycles. The highest BCUT2D eigenvalue weighted by Gasteiger charge is 2.18. The summed E-state index contributed by atoms with van der Waals surface area (Å²) in [5.74, 6) is 0. The minimum atomic E-state index is -0.275. The number of fused-ring (bicyclic) bond motifs is 1. The summed E-state index contributed by atoms with van der Waals surface area (Å²) in [5, 5.41) is 1.29. The van der Waals surface area contributed by atoms with Gasteiger partial charge >= 0.3 is 0 Å². The molecular weight excluding hydrogens is 338 g/mol. The quantitative estimate of drug-likeness (QED) is 0.601. The Morgan fingerprint density at radius 2 is 1.88 bits per heavy atom. The average Bonchev–Trinajstić information content (AvgIpc) is 3.10. The minimum Gasteiger partial charge on any atom is -0.396 e. The lowest BCUT2D eigenvalue weighted by Crippen LogP contribution is -2.25. The molecule has 0 radical (unpaired) electrons. The largest absolute Gasteiger partial charge is 0.396 e. The predicted molar refractivity (Wildman–Crippen MR) is 98.6 cm³/mol. The molecule has 0 bridgehead atoms. The van der Waals surface area contributed by atoms with Gasteiger partial charge in [0.1, 0.15) is 11.3 Å². The number of benzene rings is 1. The number of aryl methyl sites for hydroxylation is 1. The maximum atomic E-state index is 13.3. The number of aromatic nitrogens is 4. The number of anilines is 1. The van der Waals surface area contributed by atoms with Gasteiger partial charge in [-0.2, -0.15) is 0 Å². The molecule has 0 saturated heterocycles. The summed E-state index contributed by atoms with van der Waals surface area (Å²) >= 11 is 5.98. The van der Waals surface area contributed by atoms with Crippen molar-refractivity contribution in [3.05, 3.63) is 76.2 Å². The van der Waals surface area contributed by atoms with Crippen LogP contribution in [-0.2, 0) is 0 Å². The Morgan fingerprint density at radius 1 is 1.12 bits per heavy atom. The van der Waals surface area contributed by atoms with E-state index in [1.54, 1.807) is 52.1 Å². The molecule has 0 aliphatic heterocycles. The third kappa shape index (κ3) is 2.47. The summed E-state index contributed by atoms with van der Waals surface area (Å²) in [6.07, 6.45) is 4.84. The van der Waals surface area contributed by atoms with Crippen LogP contribution in [0.5, 0.6) is 0 Å². The fraction of sp³-hybridized carbons (Fsp3) is 0.0556. The van der Waals surface area contributed by atoms with Crippen molar-refractivity contribution in [2.45, 2.75) is 6.92 Å². The van der Waals surface area contributed by atoms with E-state index in [1.807, 2.05) is 19.1 Å². The van der Waals surface area contributed by atoms with Gasteiger partial charge in [0.15, 0.2) is 0 Å². The molecule has 0 unspecified atom stereocenters. The van der Waals surface area contributed by atoms with Gasteiger partial charge < -0.3 is 5.73 Å². The molecule has 0 saturated carbocycles. The molecule has 1 aromatic carbocycles. The highest BCUT2D eigenvalue weighted by atomic mass is 35.5. The first-order valence-corrected chi connectivity index (χ1v) is 8.00. The van der Waals surface area contributed by atoms with Crippen molar-refractivity contribution in [1.29, 1.82) is 0 Å². The van der Waals surface area contributed by atoms with E-state index < -0.39 is 0 Å². The van der Waals surface area contributed by atoms with E-state index >= 15 is 0 Å². The fourth-order valence-corrected chi connectivity index (χ4v) is 2.97. The summed E-state index contributed by atoms with van der Waals surface area (Å²) in [7, 11) is 0. The Morgan fingerprint density at radius 3 is 2.56 bits per heavy atom. The molecule has 0 atom stereocenters. The lowest BCUT2D eigenvalue weighted by atomic mass is 10.2. The van der Waals surface area contributed by atoms with E-state index in [1.165, 1.54) is 0 Å². The maximum Gasteiger partial charge on any atom is 0.283 e. The fourth-order valence-electron chi connectivity index (χ4n) is 2.84. The molecule has 4 aromatic rings. The van der Waals surface area contributed by atoms with Crippen LogP contribution in [0.1, 0.15) is 5.69 Å². The molecule has 3 heterocycles. The lowest BCUT2D eigenvalue weighted by Gasteiger charge is -2.16. The number of nitrogens with two attached hydrogens (primary N) is 1. The molecule has 6 nitrogen and oxygen atoms in total. The highest BCUT2D eigenvalue weighted by Crippen LogP contribution is 2.26. The topological polar surface area (TPSA) is 78.7 Å². The molecular formula is C18H14ClN5O. The molecule has 124 valence electrons. The minimum absolute atomic E-state index is 0.275. The average molecular weight is 352 g/mol. The lowest BCUT2D eigenvalue weighted by molar-refractivity contribution is 0.950. The van der Waals surface area contributed by atoms with Crippen LogP contribution in [0, 0.1) is 6.92 Å². The normalized spacial score (nSPS) is 11.1. The molecule has 0 aliphatic carbocycles. The molecule has 2 N–H and O–H groups in total.